The van der Waals surface area contributed by atoms with Crippen molar-refractivity contribution in [2.45, 2.75) is 19.4 Å². The average molecular weight is 394 g/mol. The number of anilines is 1. The van der Waals surface area contributed by atoms with Gasteiger partial charge in [-0.15, -0.1) is 0 Å². The molecule has 0 bridgehead atoms. The fraction of sp³-hybridized carbons (Fsp3) is 0.450. The van der Waals surface area contributed by atoms with E-state index in [0.29, 0.717) is 50.0 Å². The zero-order valence-corrected chi connectivity index (χ0v) is 15.7. The number of carbonyl (C=O) groups is 1. The molecule has 9 heteroatoms. The highest BCUT2D eigenvalue weighted by Gasteiger charge is 2.63. The molecule has 1 saturated heterocycles. The summed E-state index contributed by atoms with van der Waals surface area (Å²) in [5, 5.41) is 9.26. The molecule has 29 heavy (non-hydrogen) atoms. The Balaban J connectivity index is 1.31. The lowest BCUT2D eigenvalue weighted by Gasteiger charge is -2.33. The van der Waals surface area contributed by atoms with E-state index in [4.69, 9.17) is 4.74 Å². The zero-order chi connectivity index (χ0) is 20.0. The molecule has 1 saturated carbocycles. The van der Waals surface area contributed by atoms with Gasteiger partial charge in [-0.2, -0.15) is 5.26 Å². The predicted molar refractivity (Wildman–Crippen MR) is 99.2 cm³/mol. The van der Waals surface area contributed by atoms with Crippen LogP contribution in [0.5, 0.6) is 5.75 Å². The minimum atomic E-state index is -0.459. The number of fused-ring (bicyclic) bond motifs is 2. The third-order valence-corrected chi connectivity index (χ3v) is 6.16. The number of hydrogen-bond acceptors (Lipinski definition) is 7. The number of nitriles is 1. The van der Waals surface area contributed by atoms with Gasteiger partial charge in [0.15, 0.2) is 5.82 Å². The monoisotopic (exact) mass is 394 g/mol. The highest BCUT2D eigenvalue weighted by molar-refractivity contribution is 5.86. The van der Waals surface area contributed by atoms with E-state index in [1.807, 2.05) is 9.80 Å². The van der Waals surface area contributed by atoms with Crippen molar-refractivity contribution in [1.29, 1.82) is 5.26 Å². The van der Waals surface area contributed by atoms with Crippen molar-refractivity contribution in [3.8, 4) is 11.8 Å². The van der Waals surface area contributed by atoms with Crippen LogP contribution in [-0.4, -0.2) is 52.0 Å². The Bertz CT molecular complexity index is 1010. The van der Waals surface area contributed by atoms with Gasteiger partial charge in [-0.1, -0.05) is 0 Å². The Kier molecular flexibility index (Phi) is 4.08. The first-order valence-corrected chi connectivity index (χ1v) is 9.62. The van der Waals surface area contributed by atoms with Crippen LogP contribution in [-0.2, 0) is 11.3 Å². The van der Waals surface area contributed by atoms with Crippen molar-refractivity contribution in [3.63, 3.8) is 0 Å². The molecule has 1 unspecified atom stereocenters. The van der Waals surface area contributed by atoms with Gasteiger partial charge in [0, 0.05) is 31.0 Å². The number of carbonyl (C=O) groups excluding carboxylic acids is 1. The number of pyridine rings is 1. The van der Waals surface area contributed by atoms with Crippen LogP contribution < -0.4 is 9.64 Å². The van der Waals surface area contributed by atoms with E-state index in [9.17, 15) is 14.4 Å². The zero-order valence-electron chi connectivity index (χ0n) is 15.7. The molecule has 148 valence electrons. The molecule has 4 heterocycles. The van der Waals surface area contributed by atoms with Gasteiger partial charge in [-0.25, -0.2) is 14.4 Å². The average Bonchev–Trinajstić information content (AvgIpc) is 3.51. The SMILES string of the molecule is N#Cc1cncc2c1OCCN(C(=O)[C@]13CCN(c4ncc(F)cn4)CC1C3)C2. The fourth-order valence-electron chi connectivity index (χ4n) is 4.52. The van der Waals surface area contributed by atoms with Gasteiger partial charge in [-0.3, -0.25) is 9.78 Å². The van der Waals surface area contributed by atoms with Gasteiger partial charge in [0.25, 0.3) is 0 Å². The largest absolute Gasteiger partial charge is 0.490 e. The molecule has 2 aliphatic heterocycles. The summed E-state index contributed by atoms with van der Waals surface area (Å²) < 4.78 is 18.8. The molecule has 1 aliphatic carbocycles. The number of rotatable bonds is 2. The molecule has 0 radical (unpaired) electrons. The number of aromatic nitrogens is 3. The van der Waals surface area contributed by atoms with E-state index in [-0.39, 0.29) is 17.2 Å². The summed E-state index contributed by atoms with van der Waals surface area (Å²) >= 11 is 0. The van der Waals surface area contributed by atoms with Crippen LogP contribution in [0.1, 0.15) is 24.0 Å². The summed E-state index contributed by atoms with van der Waals surface area (Å²) in [4.78, 5) is 29.5. The van der Waals surface area contributed by atoms with Gasteiger partial charge in [-0.05, 0) is 18.8 Å². The van der Waals surface area contributed by atoms with Gasteiger partial charge in [0.05, 0.1) is 30.9 Å². The summed E-state index contributed by atoms with van der Waals surface area (Å²) in [5.41, 5.74) is 0.814. The summed E-state index contributed by atoms with van der Waals surface area (Å²) in [6, 6.07) is 2.10. The number of hydrogen-bond donors (Lipinski definition) is 0. The number of nitrogens with zero attached hydrogens (tertiary/aromatic N) is 6. The second kappa shape index (κ2) is 6.65. The van der Waals surface area contributed by atoms with Crippen LogP contribution in [0.15, 0.2) is 24.8 Å². The first-order chi connectivity index (χ1) is 14.1. The van der Waals surface area contributed by atoms with E-state index in [0.717, 1.165) is 18.4 Å². The molecule has 3 aliphatic rings. The second-order valence-electron chi connectivity index (χ2n) is 7.82. The Morgan fingerprint density at radius 1 is 1.28 bits per heavy atom. The maximum Gasteiger partial charge on any atom is 0.229 e. The summed E-state index contributed by atoms with van der Waals surface area (Å²) in [6.07, 6.45) is 7.04. The third kappa shape index (κ3) is 2.95. The molecule has 0 N–H and O–H groups in total. The van der Waals surface area contributed by atoms with E-state index in [1.165, 1.54) is 18.6 Å². The first-order valence-electron chi connectivity index (χ1n) is 9.62. The third-order valence-electron chi connectivity index (χ3n) is 6.16. The van der Waals surface area contributed by atoms with Gasteiger partial charge in [0.2, 0.25) is 11.9 Å². The van der Waals surface area contributed by atoms with Gasteiger partial charge in [0.1, 0.15) is 24.0 Å². The van der Waals surface area contributed by atoms with Crippen LogP contribution in [0, 0.1) is 28.5 Å². The second-order valence-corrected chi connectivity index (χ2v) is 7.82. The minimum Gasteiger partial charge on any atom is -0.490 e. The lowest BCUT2D eigenvalue weighted by atomic mass is 9.93. The molecule has 2 fully saturated rings. The molecular weight excluding hydrogens is 375 g/mol. The predicted octanol–water partition coefficient (Wildman–Crippen LogP) is 1.52. The van der Waals surface area contributed by atoms with E-state index < -0.39 is 5.82 Å². The minimum absolute atomic E-state index is 0.140. The maximum atomic E-state index is 13.4. The van der Waals surface area contributed by atoms with Crippen LogP contribution in [0.2, 0.25) is 0 Å². The van der Waals surface area contributed by atoms with E-state index in [1.54, 1.807) is 6.20 Å². The normalized spacial score (nSPS) is 25.2. The Hall–Kier alpha value is -3.28. The van der Waals surface area contributed by atoms with Gasteiger partial charge >= 0.3 is 0 Å². The number of piperidine rings is 1. The lowest BCUT2D eigenvalue weighted by molar-refractivity contribution is -0.138. The quantitative estimate of drug-likeness (QED) is 0.762. The van der Waals surface area contributed by atoms with Crippen molar-refractivity contribution in [1.82, 2.24) is 19.9 Å². The Labute approximate surface area is 166 Å². The number of ether oxygens (including phenoxy) is 1. The number of amides is 1. The van der Waals surface area contributed by atoms with Crippen LogP contribution in [0.4, 0.5) is 10.3 Å². The molecule has 2 aromatic rings. The van der Waals surface area contributed by atoms with Crippen LogP contribution in [0.3, 0.4) is 0 Å². The molecule has 2 aromatic heterocycles. The van der Waals surface area contributed by atoms with Crippen molar-refractivity contribution in [2.24, 2.45) is 11.3 Å². The highest BCUT2D eigenvalue weighted by atomic mass is 19.1. The van der Waals surface area contributed by atoms with E-state index in [2.05, 4.69) is 21.0 Å². The Morgan fingerprint density at radius 3 is 2.86 bits per heavy atom. The molecule has 8 nitrogen and oxygen atoms in total. The Morgan fingerprint density at radius 2 is 2.10 bits per heavy atom. The first kappa shape index (κ1) is 17.8. The molecule has 0 aromatic carbocycles. The van der Waals surface area contributed by atoms with Crippen molar-refractivity contribution >= 4 is 11.9 Å². The smallest absolute Gasteiger partial charge is 0.229 e. The van der Waals surface area contributed by atoms with Crippen LogP contribution >= 0.6 is 0 Å². The molecular formula is C20H19FN6O2. The van der Waals surface area contributed by atoms with Crippen molar-refractivity contribution in [2.75, 3.05) is 31.1 Å². The van der Waals surface area contributed by atoms with Gasteiger partial charge < -0.3 is 14.5 Å². The molecule has 5 rings (SSSR count). The molecule has 1 amide bonds. The standard InChI is InChI=1S/C20H19FN6O2/c21-16-9-24-19(25-10-16)27-2-1-20(5-15(20)12-27)18(28)26-3-4-29-17-13(6-22)7-23-8-14(17)11-26/h7-10,15H,1-5,11-12H2/t15?,20-/m0/s1. The van der Waals surface area contributed by atoms with Crippen molar-refractivity contribution < 1.29 is 13.9 Å². The van der Waals surface area contributed by atoms with Crippen LogP contribution in [0.25, 0.3) is 0 Å². The summed E-state index contributed by atoms with van der Waals surface area (Å²) in [7, 11) is 0. The fourth-order valence-corrected chi connectivity index (χ4v) is 4.52. The number of halogens is 1. The highest BCUT2D eigenvalue weighted by Crippen LogP contribution is 2.59. The molecule has 2 atom stereocenters. The maximum absolute atomic E-state index is 13.4. The lowest BCUT2D eigenvalue weighted by Crippen LogP contribution is -2.45. The summed E-state index contributed by atoms with van der Waals surface area (Å²) in [5.74, 6) is 0.961. The molecule has 0 spiro atoms. The van der Waals surface area contributed by atoms with E-state index >= 15 is 0 Å². The van der Waals surface area contributed by atoms with Crippen molar-refractivity contribution in [3.05, 3.63) is 41.7 Å². The summed E-state index contributed by atoms with van der Waals surface area (Å²) in [6.45, 7) is 2.59. The topological polar surface area (TPSA) is 95.2 Å².